The summed E-state index contributed by atoms with van der Waals surface area (Å²) in [6.45, 7) is 4.98. The number of nitrogens with one attached hydrogen (secondary N) is 1. The first kappa shape index (κ1) is 27.9. The number of sulfonamides is 1. The largest absolute Gasteiger partial charge is 0.462 e. The number of hydrogen-bond acceptors (Lipinski definition) is 12. The molecule has 212 valence electrons. The van der Waals surface area contributed by atoms with Gasteiger partial charge >= 0.3 is 5.97 Å². The van der Waals surface area contributed by atoms with Crippen LogP contribution in [0.3, 0.4) is 0 Å². The van der Waals surface area contributed by atoms with Crippen molar-refractivity contribution < 1.29 is 27.9 Å². The summed E-state index contributed by atoms with van der Waals surface area (Å²) in [5.41, 5.74) is 1.88. The number of esters is 1. The zero-order valence-electron chi connectivity index (χ0n) is 22.0. The van der Waals surface area contributed by atoms with Crippen molar-refractivity contribution in [2.45, 2.75) is 50.7 Å². The van der Waals surface area contributed by atoms with Crippen LogP contribution in [0.15, 0.2) is 29.2 Å². The van der Waals surface area contributed by atoms with E-state index in [-0.39, 0.29) is 42.4 Å². The number of aromatic nitrogens is 3. The number of benzene rings is 1. The average molecular weight is 588 g/mol. The Morgan fingerprint density at radius 3 is 2.50 bits per heavy atom. The molecule has 2 aliphatic rings. The molecule has 4 heterocycles. The van der Waals surface area contributed by atoms with Crippen molar-refractivity contribution in [2.24, 2.45) is 5.14 Å². The monoisotopic (exact) mass is 587 g/mol. The first-order valence-electron chi connectivity index (χ1n) is 12.7. The number of aryl methyl sites for hydroxylation is 1. The minimum atomic E-state index is -3.84. The van der Waals surface area contributed by atoms with E-state index in [4.69, 9.17) is 14.9 Å². The number of piperidine rings is 1. The lowest BCUT2D eigenvalue weighted by atomic mass is 10.1. The van der Waals surface area contributed by atoms with Gasteiger partial charge in [0.15, 0.2) is 5.13 Å². The Morgan fingerprint density at radius 2 is 1.85 bits per heavy atom. The van der Waals surface area contributed by atoms with Crippen LogP contribution in [0, 0.1) is 6.92 Å². The van der Waals surface area contributed by atoms with Crippen LogP contribution in [0.4, 0.5) is 22.7 Å². The third-order valence-corrected chi connectivity index (χ3v) is 8.66. The molecule has 1 aromatic carbocycles. The molecule has 2 aromatic heterocycles. The molecule has 3 aromatic rings. The van der Waals surface area contributed by atoms with Crippen LogP contribution >= 0.6 is 11.3 Å². The standard InChI is InChI=1S/C25H29N7O6S2/c1-3-38-23(35)20-14(2)27-25(39-20)30-24-28-21(31-10-8-16(33)9-11-31)18-12-19(34)32(22(18)29-24)13-15-4-6-17(7-5-15)40(26,36)37/h4-7,16,33H,3,8-13H2,1-2H3,(H2,26,36,37)(H,27,28,29,30). The summed E-state index contributed by atoms with van der Waals surface area (Å²) < 4.78 is 28.4. The third kappa shape index (κ3) is 5.77. The van der Waals surface area contributed by atoms with Gasteiger partial charge in [-0.2, -0.15) is 9.97 Å². The number of hydrogen-bond donors (Lipinski definition) is 3. The van der Waals surface area contributed by atoms with E-state index in [0.717, 1.165) is 11.3 Å². The Labute approximate surface area is 235 Å². The van der Waals surface area contributed by atoms with Gasteiger partial charge in [-0.15, -0.1) is 0 Å². The van der Waals surface area contributed by atoms with Gasteiger partial charge in [0.2, 0.25) is 21.9 Å². The normalized spacial score (nSPS) is 15.8. The number of aliphatic hydroxyl groups is 1. The van der Waals surface area contributed by atoms with Crippen LogP contribution in [-0.4, -0.2) is 66.2 Å². The molecule has 0 unspecified atom stereocenters. The number of aliphatic hydroxyl groups excluding tert-OH is 1. The van der Waals surface area contributed by atoms with Gasteiger partial charge in [0.1, 0.15) is 16.5 Å². The maximum absolute atomic E-state index is 13.2. The van der Waals surface area contributed by atoms with Crippen LogP contribution in [0.25, 0.3) is 0 Å². The lowest BCUT2D eigenvalue weighted by Crippen LogP contribution is -2.37. The molecular formula is C25H29N7O6S2. The lowest BCUT2D eigenvalue weighted by Gasteiger charge is -2.31. The van der Waals surface area contributed by atoms with Crippen molar-refractivity contribution >= 4 is 56.0 Å². The number of rotatable bonds is 8. The van der Waals surface area contributed by atoms with E-state index in [1.165, 1.54) is 17.0 Å². The second-order valence-corrected chi connectivity index (χ2v) is 12.1. The SMILES string of the molecule is CCOC(=O)c1sc(Nc2nc(N3CCC(O)CC3)c3c(n2)N(Cc2ccc(S(N)(=O)=O)cc2)C(=O)C3)nc1C. The maximum atomic E-state index is 13.2. The van der Waals surface area contributed by atoms with Gasteiger partial charge in [-0.25, -0.2) is 23.3 Å². The molecule has 1 saturated heterocycles. The molecule has 13 nitrogen and oxygen atoms in total. The Hall–Kier alpha value is -3.66. The van der Waals surface area contributed by atoms with Gasteiger partial charge in [-0.1, -0.05) is 23.5 Å². The molecule has 2 aliphatic heterocycles. The molecule has 40 heavy (non-hydrogen) atoms. The molecule has 1 fully saturated rings. The minimum absolute atomic E-state index is 0.0197. The number of fused-ring (bicyclic) bond motifs is 1. The number of thiazole rings is 1. The maximum Gasteiger partial charge on any atom is 0.350 e. The van der Waals surface area contributed by atoms with Crippen molar-refractivity contribution in [1.29, 1.82) is 0 Å². The molecule has 0 spiro atoms. The number of anilines is 4. The van der Waals surface area contributed by atoms with E-state index in [9.17, 15) is 23.1 Å². The minimum Gasteiger partial charge on any atom is -0.462 e. The molecule has 4 N–H and O–H groups in total. The van der Waals surface area contributed by atoms with Gasteiger partial charge in [-0.3, -0.25) is 15.0 Å². The van der Waals surface area contributed by atoms with E-state index in [1.807, 2.05) is 4.90 Å². The van der Waals surface area contributed by atoms with E-state index < -0.39 is 16.0 Å². The van der Waals surface area contributed by atoms with Crippen molar-refractivity contribution in [1.82, 2.24) is 15.0 Å². The lowest BCUT2D eigenvalue weighted by molar-refractivity contribution is -0.117. The molecule has 0 bridgehead atoms. The smallest absolute Gasteiger partial charge is 0.350 e. The molecule has 0 saturated carbocycles. The number of primary sulfonamides is 1. The van der Waals surface area contributed by atoms with Crippen LogP contribution in [-0.2, 0) is 32.5 Å². The Morgan fingerprint density at radius 1 is 1.18 bits per heavy atom. The number of nitrogens with zero attached hydrogens (tertiary/aromatic N) is 5. The van der Waals surface area contributed by atoms with Crippen LogP contribution in [0.1, 0.15) is 46.3 Å². The number of ether oxygens (including phenoxy) is 1. The van der Waals surface area contributed by atoms with Crippen LogP contribution < -0.4 is 20.3 Å². The first-order chi connectivity index (χ1) is 19.0. The highest BCUT2D eigenvalue weighted by Crippen LogP contribution is 2.37. The second-order valence-electron chi connectivity index (χ2n) is 9.52. The molecule has 5 rings (SSSR count). The first-order valence-corrected chi connectivity index (χ1v) is 15.1. The van der Waals surface area contributed by atoms with E-state index >= 15 is 0 Å². The summed E-state index contributed by atoms with van der Waals surface area (Å²) in [5, 5.41) is 18.7. The van der Waals surface area contributed by atoms with Crippen LogP contribution in [0.2, 0.25) is 0 Å². The fourth-order valence-corrected chi connectivity index (χ4v) is 6.03. The zero-order valence-corrected chi connectivity index (χ0v) is 23.6. The fraction of sp³-hybridized carbons (Fsp3) is 0.400. The van der Waals surface area contributed by atoms with Gasteiger partial charge in [0, 0.05) is 18.7 Å². The molecule has 0 atom stereocenters. The van der Waals surface area contributed by atoms with Gasteiger partial charge in [0.05, 0.1) is 36.3 Å². The third-order valence-electron chi connectivity index (χ3n) is 6.68. The topological polar surface area (TPSA) is 181 Å². The summed E-state index contributed by atoms with van der Waals surface area (Å²) in [4.78, 5) is 43.2. The molecule has 15 heteroatoms. The molecular weight excluding hydrogens is 558 g/mol. The Balaban J connectivity index is 1.49. The highest BCUT2D eigenvalue weighted by atomic mass is 32.2. The number of amides is 1. The van der Waals surface area contributed by atoms with Gasteiger partial charge in [0.25, 0.3) is 0 Å². The second kappa shape index (κ2) is 11.1. The number of carbonyl (C=O) groups excluding carboxylic acids is 2. The number of carbonyl (C=O) groups is 2. The van der Waals surface area contributed by atoms with Crippen molar-refractivity contribution in [3.05, 3.63) is 46.0 Å². The fourth-order valence-electron chi connectivity index (χ4n) is 4.66. The van der Waals surface area contributed by atoms with Crippen molar-refractivity contribution in [2.75, 3.05) is 34.8 Å². The highest BCUT2D eigenvalue weighted by Gasteiger charge is 2.35. The predicted molar refractivity (Wildman–Crippen MR) is 148 cm³/mol. The Bertz CT molecular complexity index is 1550. The summed E-state index contributed by atoms with van der Waals surface area (Å²) >= 11 is 1.12. The zero-order chi connectivity index (χ0) is 28.6. The van der Waals surface area contributed by atoms with Crippen LogP contribution in [0.5, 0.6) is 0 Å². The van der Waals surface area contributed by atoms with Gasteiger partial charge in [-0.05, 0) is 44.4 Å². The summed E-state index contributed by atoms with van der Waals surface area (Å²) in [6.07, 6.45) is 0.860. The predicted octanol–water partition coefficient (Wildman–Crippen LogP) is 1.86. The van der Waals surface area contributed by atoms with Crippen molar-refractivity contribution in [3.63, 3.8) is 0 Å². The molecule has 0 radical (unpaired) electrons. The van der Waals surface area contributed by atoms with E-state index in [0.29, 0.717) is 64.4 Å². The van der Waals surface area contributed by atoms with Crippen molar-refractivity contribution in [3.8, 4) is 0 Å². The quantitative estimate of drug-likeness (QED) is 0.327. The van der Waals surface area contributed by atoms with E-state index in [2.05, 4.69) is 15.3 Å². The Kier molecular flexibility index (Phi) is 7.72. The highest BCUT2D eigenvalue weighted by molar-refractivity contribution is 7.89. The average Bonchev–Trinajstić information content (AvgIpc) is 3.43. The molecule has 0 aliphatic carbocycles. The number of nitrogens with two attached hydrogens (primary N) is 1. The summed E-state index contributed by atoms with van der Waals surface area (Å²) in [6, 6.07) is 6.01. The summed E-state index contributed by atoms with van der Waals surface area (Å²) in [7, 11) is -3.84. The van der Waals surface area contributed by atoms with E-state index in [1.54, 1.807) is 26.0 Å². The molecule has 1 amide bonds. The van der Waals surface area contributed by atoms with Gasteiger partial charge < -0.3 is 14.7 Å². The summed E-state index contributed by atoms with van der Waals surface area (Å²) in [5.74, 6) is 0.591.